The molecule has 2 aromatic rings. The van der Waals surface area contributed by atoms with Gasteiger partial charge in [-0.25, -0.2) is 4.68 Å². The Morgan fingerprint density at radius 2 is 1.88 bits per heavy atom. The summed E-state index contributed by atoms with van der Waals surface area (Å²) in [6.45, 7) is 2.13. The maximum absolute atomic E-state index is 12.4. The molecule has 25 heavy (non-hydrogen) atoms. The van der Waals surface area contributed by atoms with Crippen molar-refractivity contribution >= 4 is 11.6 Å². The fraction of sp³-hybridized carbons (Fsp3) is 0.500. The number of rotatable bonds is 3. The Morgan fingerprint density at radius 1 is 1.16 bits per heavy atom. The molecule has 2 fully saturated rings. The maximum atomic E-state index is 12.4. The molecule has 0 aliphatic heterocycles. The van der Waals surface area contributed by atoms with Crippen molar-refractivity contribution in [3.8, 4) is 0 Å². The Kier molecular flexibility index (Phi) is 4.00. The summed E-state index contributed by atoms with van der Waals surface area (Å²) in [5.74, 6) is 0.541. The lowest BCUT2D eigenvalue weighted by atomic mass is 9.70. The van der Waals surface area contributed by atoms with Gasteiger partial charge in [0.25, 0.3) is 5.56 Å². The highest BCUT2D eigenvalue weighted by Gasteiger charge is 2.41. The van der Waals surface area contributed by atoms with Gasteiger partial charge in [0.2, 0.25) is 0 Å². The summed E-state index contributed by atoms with van der Waals surface area (Å²) in [5.41, 5.74) is 8.17. The smallest absolute Gasteiger partial charge is 0.267 e. The molecule has 0 spiro atoms. The first-order valence-electron chi connectivity index (χ1n) is 9.05. The van der Waals surface area contributed by atoms with Gasteiger partial charge in [-0.05, 0) is 69.2 Å². The fourth-order valence-electron chi connectivity index (χ4n) is 3.94. The molecule has 0 radical (unpaired) electrons. The largest absolute Gasteiger partial charge is 0.321 e. The average molecular weight is 358 g/mol. The van der Waals surface area contributed by atoms with E-state index in [1.54, 1.807) is 10.7 Å². The van der Waals surface area contributed by atoms with Crippen LogP contribution < -0.4 is 11.3 Å². The van der Waals surface area contributed by atoms with Gasteiger partial charge in [0.1, 0.15) is 0 Å². The lowest BCUT2D eigenvalue weighted by Gasteiger charge is -2.43. The van der Waals surface area contributed by atoms with Crippen molar-refractivity contribution in [1.82, 2.24) is 9.78 Å². The van der Waals surface area contributed by atoms with E-state index in [9.17, 15) is 4.79 Å². The van der Waals surface area contributed by atoms with Crippen LogP contribution in [-0.2, 0) is 11.1 Å². The molecule has 2 aliphatic rings. The molecular formula is C20H24ClN3O. The average Bonchev–Trinajstić information content (AvgIpc) is 3.43. The van der Waals surface area contributed by atoms with Crippen LogP contribution in [0.25, 0.3) is 0 Å². The third kappa shape index (κ3) is 3.13. The summed E-state index contributed by atoms with van der Waals surface area (Å²) in [4.78, 5) is 12.4. The molecule has 2 aliphatic carbocycles. The second-order valence-corrected chi connectivity index (χ2v) is 8.38. The molecule has 1 heterocycles. The summed E-state index contributed by atoms with van der Waals surface area (Å²) in [6, 6.07) is 11.4. The summed E-state index contributed by atoms with van der Waals surface area (Å²) in [5, 5.41) is 5.42. The Morgan fingerprint density at radius 3 is 2.52 bits per heavy atom. The van der Waals surface area contributed by atoms with Gasteiger partial charge in [-0.2, -0.15) is 5.10 Å². The summed E-state index contributed by atoms with van der Waals surface area (Å²) in [7, 11) is 0. The fourth-order valence-corrected chi connectivity index (χ4v) is 4.13. The van der Waals surface area contributed by atoms with Crippen LogP contribution in [0.4, 0.5) is 0 Å². The van der Waals surface area contributed by atoms with E-state index >= 15 is 0 Å². The third-order valence-electron chi connectivity index (χ3n) is 5.95. The number of hydrogen-bond donors (Lipinski definition) is 1. The van der Waals surface area contributed by atoms with Crippen LogP contribution in [0.2, 0.25) is 5.02 Å². The SMILES string of the molecule is CC1(n2nc(C3CC3)ccc2=O)CCC(N)(c2cccc(Cl)c2)CC1. The van der Waals surface area contributed by atoms with Gasteiger partial charge in [-0.15, -0.1) is 0 Å². The Labute approximate surface area is 153 Å². The van der Waals surface area contributed by atoms with Crippen LogP contribution in [0, 0.1) is 0 Å². The van der Waals surface area contributed by atoms with Gasteiger partial charge >= 0.3 is 0 Å². The number of nitrogens with zero attached hydrogens (tertiary/aromatic N) is 2. The zero-order chi connectivity index (χ0) is 17.7. The van der Waals surface area contributed by atoms with Crippen LogP contribution in [0.1, 0.15) is 62.6 Å². The predicted octanol–water partition coefficient (Wildman–Crippen LogP) is 3.92. The van der Waals surface area contributed by atoms with Crippen molar-refractivity contribution in [2.24, 2.45) is 5.73 Å². The monoisotopic (exact) mass is 357 g/mol. The van der Waals surface area contributed by atoms with E-state index < -0.39 is 0 Å². The highest BCUT2D eigenvalue weighted by atomic mass is 35.5. The number of benzene rings is 1. The van der Waals surface area contributed by atoms with Crippen LogP contribution in [0.3, 0.4) is 0 Å². The van der Waals surface area contributed by atoms with Crippen molar-refractivity contribution in [3.05, 3.63) is 63.0 Å². The minimum Gasteiger partial charge on any atom is -0.321 e. The highest BCUT2D eigenvalue weighted by Crippen LogP contribution is 2.43. The lowest BCUT2D eigenvalue weighted by Crippen LogP contribution is -2.49. The summed E-state index contributed by atoms with van der Waals surface area (Å²) < 4.78 is 1.72. The number of hydrogen-bond acceptors (Lipinski definition) is 3. The van der Waals surface area contributed by atoms with Crippen LogP contribution in [0.15, 0.2) is 41.2 Å². The topological polar surface area (TPSA) is 60.9 Å². The number of halogens is 1. The molecule has 2 N–H and O–H groups in total. The van der Waals surface area contributed by atoms with E-state index in [1.807, 2.05) is 30.3 Å². The first-order chi connectivity index (χ1) is 11.9. The minimum absolute atomic E-state index is 0.0147. The number of nitrogens with two attached hydrogens (primary N) is 1. The molecule has 0 atom stereocenters. The molecule has 4 rings (SSSR count). The van der Waals surface area contributed by atoms with Crippen molar-refractivity contribution in [3.63, 3.8) is 0 Å². The van der Waals surface area contributed by atoms with Gasteiger partial charge in [0.05, 0.1) is 11.2 Å². The third-order valence-corrected chi connectivity index (χ3v) is 6.18. The minimum atomic E-state index is -0.387. The van der Waals surface area contributed by atoms with E-state index in [-0.39, 0.29) is 16.6 Å². The zero-order valence-corrected chi connectivity index (χ0v) is 15.3. The zero-order valence-electron chi connectivity index (χ0n) is 14.5. The molecule has 0 saturated heterocycles. The molecule has 4 nitrogen and oxygen atoms in total. The molecule has 132 valence electrons. The summed E-state index contributed by atoms with van der Waals surface area (Å²) in [6.07, 6.45) is 5.65. The van der Waals surface area contributed by atoms with Crippen molar-refractivity contribution in [1.29, 1.82) is 0 Å². The quantitative estimate of drug-likeness (QED) is 0.905. The Balaban J connectivity index is 1.60. The molecule has 1 aromatic heterocycles. The maximum Gasteiger partial charge on any atom is 0.267 e. The first kappa shape index (κ1) is 16.8. The van der Waals surface area contributed by atoms with Gasteiger partial charge in [-0.3, -0.25) is 4.79 Å². The highest BCUT2D eigenvalue weighted by molar-refractivity contribution is 6.30. The Bertz CT molecular complexity index is 848. The normalized spacial score (nSPS) is 29.6. The Hall–Kier alpha value is -1.65. The molecule has 1 aromatic carbocycles. The van der Waals surface area contributed by atoms with Crippen LogP contribution in [-0.4, -0.2) is 9.78 Å². The van der Waals surface area contributed by atoms with Crippen LogP contribution in [0.5, 0.6) is 0 Å². The summed E-state index contributed by atoms with van der Waals surface area (Å²) >= 11 is 6.14. The first-order valence-corrected chi connectivity index (χ1v) is 9.43. The van der Waals surface area contributed by atoms with Crippen LogP contribution >= 0.6 is 11.6 Å². The van der Waals surface area contributed by atoms with Crippen molar-refractivity contribution in [2.75, 3.05) is 0 Å². The number of aromatic nitrogens is 2. The van der Waals surface area contributed by atoms with Gasteiger partial charge in [-0.1, -0.05) is 23.7 Å². The second-order valence-electron chi connectivity index (χ2n) is 7.95. The predicted molar refractivity (Wildman–Crippen MR) is 99.9 cm³/mol. The molecule has 0 bridgehead atoms. The van der Waals surface area contributed by atoms with E-state index in [1.165, 1.54) is 12.8 Å². The van der Waals surface area contributed by atoms with E-state index in [2.05, 4.69) is 6.92 Å². The van der Waals surface area contributed by atoms with Gasteiger partial charge < -0.3 is 5.73 Å². The standard InChI is InChI=1S/C20H24ClN3O/c1-19(24-18(25)8-7-17(23-24)14-5-6-14)9-11-20(22,12-10-19)15-3-2-4-16(21)13-15/h2-4,7-8,13-14H,5-6,9-12,22H2,1H3. The van der Waals surface area contributed by atoms with Crippen molar-refractivity contribution < 1.29 is 0 Å². The molecule has 0 unspecified atom stereocenters. The lowest BCUT2D eigenvalue weighted by molar-refractivity contribution is 0.132. The van der Waals surface area contributed by atoms with Gasteiger partial charge in [0.15, 0.2) is 0 Å². The van der Waals surface area contributed by atoms with Gasteiger partial charge in [0, 0.05) is 22.5 Å². The van der Waals surface area contributed by atoms with E-state index in [4.69, 9.17) is 22.4 Å². The molecule has 2 saturated carbocycles. The molecule has 0 amide bonds. The van der Waals surface area contributed by atoms with E-state index in [0.717, 1.165) is 36.9 Å². The molecule has 5 heteroatoms. The van der Waals surface area contributed by atoms with E-state index in [0.29, 0.717) is 10.9 Å². The van der Waals surface area contributed by atoms with Crippen molar-refractivity contribution in [2.45, 2.75) is 62.4 Å². The second kappa shape index (κ2) is 5.96. The molecular weight excluding hydrogens is 334 g/mol.